The maximum absolute atomic E-state index is 13.4. The SMILES string of the molecule is CC[C@@H](C)NC(=O)[C@H](C)N(Cc1ccccc1)C(=O)CN(c1cccc(C)c1)S(C)(=O)=O. The van der Waals surface area contributed by atoms with Crippen LogP contribution in [0.3, 0.4) is 0 Å². The number of aryl methyl sites for hydroxylation is 1. The molecule has 0 aliphatic heterocycles. The number of carbonyl (C=O) groups excluding carboxylic acids is 2. The number of amides is 2. The van der Waals surface area contributed by atoms with Crippen molar-refractivity contribution in [3.63, 3.8) is 0 Å². The van der Waals surface area contributed by atoms with Gasteiger partial charge in [-0.15, -0.1) is 0 Å². The fourth-order valence-electron chi connectivity index (χ4n) is 3.23. The first-order chi connectivity index (χ1) is 15.0. The molecule has 2 amide bonds. The van der Waals surface area contributed by atoms with E-state index in [9.17, 15) is 18.0 Å². The minimum atomic E-state index is -3.72. The second-order valence-electron chi connectivity index (χ2n) is 8.11. The van der Waals surface area contributed by atoms with E-state index in [4.69, 9.17) is 0 Å². The van der Waals surface area contributed by atoms with Crippen molar-refractivity contribution in [3.05, 3.63) is 65.7 Å². The number of sulfonamides is 1. The van der Waals surface area contributed by atoms with E-state index in [1.54, 1.807) is 25.1 Å². The lowest BCUT2D eigenvalue weighted by molar-refractivity contribution is -0.139. The monoisotopic (exact) mass is 459 g/mol. The molecular weight excluding hydrogens is 426 g/mol. The summed E-state index contributed by atoms with van der Waals surface area (Å²) in [7, 11) is -3.72. The number of nitrogens with zero attached hydrogens (tertiary/aromatic N) is 2. The summed E-state index contributed by atoms with van der Waals surface area (Å²) >= 11 is 0. The molecule has 0 unspecified atom stereocenters. The zero-order valence-corrected chi connectivity index (χ0v) is 20.2. The summed E-state index contributed by atoms with van der Waals surface area (Å²) in [6.07, 6.45) is 1.84. The molecule has 0 saturated carbocycles. The smallest absolute Gasteiger partial charge is 0.244 e. The largest absolute Gasteiger partial charge is 0.352 e. The Morgan fingerprint density at radius 2 is 1.69 bits per heavy atom. The highest BCUT2D eigenvalue weighted by Gasteiger charge is 2.30. The molecule has 174 valence electrons. The molecule has 0 aromatic heterocycles. The molecule has 0 spiro atoms. The highest BCUT2D eigenvalue weighted by Crippen LogP contribution is 2.20. The van der Waals surface area contributed by atoms with E-state index in [-0.39, 0.29) is 18.5 Å². The maximum Gasteiger partial charge on any atom is 0.244 e. The van der Waals surface area contributed by atoms with Crippen molar-refractivity contribution >= 4 is 27.5 Å². The van der Waals surface area contributed by atoms with Crippen LogP contribution in [0.5, 0.6) is 0 Å². The van der Waals surface area contributed by atoms with Gasteiger partial charge in [-0.3, -0.25) is 13.9 Å². The van der Waals surface area contributed by atoms with Crippen molar-refractivity contribution in [2.24, 2.45) is 0 Å². The molecule has 8 heteroatoms. The Hall–Kier alpha value is -2.87. The zero-order chi connectivity index (χ0) is 23.9. The number of rotatable bonds is 10. The first kappa shape index (κ1) is 25.4. The third-order valence-electron chi connectivity index (χ3n) is 5.33. The molecule has 0 radical (unpaired) electrons. The van der Waals surface area contributed by atoms with Crippen LogP contribution in [0.15, 0.2) is 54.6 Å². The quantitative estimate of drug-likeness (QED) is 0.592. The predicted molar refractivity (Wildman–Crippen MR) is 128 cm³/mol. The van der Waals surface area contributed by atoms with Gasteiger partial charge in [0.1, 0.15) is 12.6 Å². The normalized spacial score (nSPS) is 13.2. The van der Waals surface area contributed by atoms with E-state index in [1.165, 1.54) is 4.90 Å². The van der Waals surface area contributed by atoms with Crippen LogP contribution in [-0.4, -0.2) is 50.0 Å². The van der Waals surface area contributed by atoms with E-state index in [2.05, 4.69) is 5.32 Å². The van der Waals surface area contributed by atoms with Gasteiger partial charge in [0.15, 0.2) is 0 Å². The Morgan fingerprint density at radius 1 is 1.03 bits per heavy atom. The molecule has 0 heterocycles. The van der Waals surface area contributed by atoms with Gasteiger partial charge in [0.05, 0.1) is 11.9 Å². The van der Waals surface area contributed by atoms with E-state index in [1.807, 2.05) is 57.2 Å². The predicted octanol–water partition coefficient (Wildman–Crippen LogP) is 3.09. The van der Waals surface area contributed by atoms with Crippen molar-refractivity contribution < 1.29 is 18.0 Å². The number of hydrogen-bond donors (Lipinski definition) is 1. The fourth-order valence-corrected chi connectivity index (χ4v) is 4.07. The third-order valence-corrected chi connectivity index (χ3v) is 6.47. The lowest BCUT2D eigenvalue weighted by Gasteiger charge is -2.32. The molecular formula is C24H33N3O4S. The fraction of sp³-hybridized carbons (Fsp3) is 0.417. The summed E-state index contributed by atoms with van der Waals surface area (Å²) in [4.78, 5) is 27.6. The first-order valence-corrected chi connectivity index (χ1v) is 12.6. The Kier molecular flexibility index (Phi) is 8.83. The zero-order valence-electron chi connectivity index (χ0n) is 19.4. The minimum absolute atomic E-state index is 0.0292. The van der Waals surface area contributed by atoms with Gasteiger partial charge in [0.2, 0.25) is 21.8 Å². The maximum atomic E-state index is 13.4. The molecule has 0 aliphatic rings. The minimum Gasteiger partial charge on any atom is -0.352 e. The first-order valence-electron chi connectivity index (χ1n) is 10.7. The molecule has 1 N–H and O–H groups in total. The van der Waals surface area contributed by atoms with Gasteiger partial charge >= 0.3 is 0 Å². The molecule has 0 fully saturated rings. The van der Waals surface area contributed by atoms with Crippen LogP contribution in [0.2, 0.25) is 0 Å². The molecule has 0 bridgehead atoms. The number of anilines is 1. The molecule has 2 rings (SSSR count). The van der Waals surface area contributed by atoms with Gasteiger partial charge in [0, 0.05) is 12.6 Å². The molecule has 0 aliphatic carbocycles. The van der Waals surface area contributed by atoms with Crippen LogP contribution in [0.4, 0.5) is 5.69 Å². The number of carbonyl (C=O) groups is 2. The number of benzene rings is 2. The second kappa shape index (κ2) is 11.1. The molecule has 2 atom stereocenters. The summed E-state index contributed by atoms with van der Waals surface area (Å²) in [5, 5.41) is 2.91. The Morgan fingerprint density at radius 3 is 2.25 bits per heavy atom. The van der Waals surface area contributed by atoms with Crippen LogP contribution in [0, 0.1) is 6.92 Å². The van der Waals surface area contributed by atoms with Gasteiger partial charge in [-0.2, -0.15) is 0 Å². The highest BCUT2D eigenvalue weighted by atomic mass is 32.2. The Balaban J connectivity index is 2.35. The average Bonchev–Trinajstić information content (AvgIpc) is 2.74. The summed E-state index contributed by atoms with van der Waals surface area (Å²) in [5.41, 5.74) is 2.15. The van der Waals surface area contributed by atoms with Crippen molar-refractivity contribution in [1.29, 1.82) is 0 Å². The van der Waals surface area contributed by atoms with Gasteiger partial charge in [-0.1, -0.05) is 49.4 Å². The van der Waals surface area contributed by atoms with Crippen molar-refractivity contribution in [2.45, 2.75) is 52.7 Å². The molecule has 32 heavy (non-hydrogen) atoms. The van der Waals surface area contributed by atoms with E-state index in [0.29, 0.717) is 5.69 Å². The Labute approximate surface area is 191 Å². The molecule has 2 aromatic carbocycles. The van der Waals surface area contributed by atoms with Gasteiger partial charge < -0.3 is 10.2 Å². The van der Waals surface area contributed by atoms with Gasteiger partial charge in [-0.05, 0) is 50.5 Å². The highest BCUT2D eigenvalue weighted by molar-refractivity contribution is 7.92. The van der Waals surface area contributed by atoms with Gasteiger partial charge in [0.25, 0.3) is 0 Å². The summed E-state index contributed by atoms with van der Waals surface area (Å²) in [5.74, 6) is -0.724. The van der Waals surface area contributed by atoms with E-state index < -0.39 is 28.5 Å². The van der Waals surface area contributed by atoms with Crippen LogP contribution in [0.1, 0.15) is 38.3 Å². The summed E-state index contributed by atoms with van der Waals surface area (Å²) in [6, 6.07) is 15.5. The lowest BCUT2D eigenvalue weighted by atomic mass is 10.1. The summed E-state index contributed by atoms with van der Waals surface area (Å²) < 4.78 is 26.1. The Bertz CT molecular complexity index is 1020. The lowest BCUT2D eigenvalue weighted by Crippen LogP contribution is -2.52. The average molecular weight is 460 g/mol. The van der Waals surface area contributed by atoms with Crippen molar-refractivity contribution in [3.8, 4) is 0 Å². The van der Waals surface area contributed by atoms with Crippen LogP contribution in [0.25, 0.3) is 0 Å². The van der Waals surface area contributed by atoms with E-state index in [0.717, 1.165) is 28.1 Å². The standard InChI is InChI=1S/C24H33N3O4S/c1-6-19(3)25-24(29)20(4)26(16-21-12-8-7-9-13-21)23(28)17-27(32(5,30)31)22-14-10-11-18(2)15-22/h7-15,19-20H,6,16-17H2,1-5H3,(H,25,29)/t19-,20+/m1/s1. The van der Waals surface area contributed by atoms with Crippen molar-refractivity contribution in [1.82, 2.24) is 10.2 Å². The second-order valence-corrected chi connectivity index (χ2v) is 10.0. The molecule has 7 nitrogen and oxygen atoms in total. The molecule has 0 saturated heterocycles. The van der Waals surface area contributed by atoms with E-state index >= 15 is 0 Å². The third kappa shape index (κ3) is 7.09. The number of nitrogens with one attached hydrogen (secondary N) is 1. The molecule has 2 aromatic rings. The summed E-state index contributed by atoms with van der Waals surface area (Å²) in [6.45, 7) is 7.19. The topological polar surface area (TPSA) is 86.8 Å². The number of hydrogen-bond acceptors (Lipinski definition) is 4. The van der Waals surface area contributed by atoms with Crippen LogP contribution < -0.4 is 9.62 Å². The van der Waals surface area contributed by atoms with Crippen LogP contribution >= 0.6 is 0 Å². The van der Waals surface area contributed by atoms with Crippen molar-refractivity contribution in [2.75, 3.05) is 17.1 Å². The van der Waals surface area contributed by atoms with Gasteiger partial charge in [-0.25, -0.2) is 8.42 Å². The van der Waals surface area contributed by atoms with Crippen LogP contribution in [-0.2, 0) is 26.2 Å².